The van der Waals surface area contributed by atoms with E-state index in [1.807, 2.05) is 7.11 Å². The highest BCUT2D eigenvalue weighted by Crippen LogP contribution is 2.32. The van der Waals surface area contributed by atoms with E-state index in [2.05, 4.69) is 47.5 Å². The van der Waals surface area contributed by atoms with E-state index in [-0.39, 0.29) is 0 Å². The molecule has 3 heteroatoms. The van der Waals surface area contributed by atoms with E-state index in [1.165, 1.54) is 18.4 Å². The van der Waals surface area contributed by atoms with Crippen LogP contribution >= 0.6 is 0 Å². The third-order valence-corrected chi connectivity index (χ3v) is 4.69. The van der Waals surface area contributed by atoms with Crippen molar-refractivity contribution in [2.45, 2.75) is 44.0 Å². The molecule has 1 saturated heterocycles. The summed E-state index contributed by atoms with van der Waals surface area (Å²) in [5.74, 6) is 0. The number of ether oxygens (including phenoxy) is 1. The quantitative estimate of drug-likeness (QED) is 0.901. The van der Waals surface area contributed by atoms with Gasteiger partial charge in [-0.1, -0.05) is 30.3 Å². The van der Waals surface area contributed by atoms with Crippen LogP contribution in [0.2, 0.25) is 0 Å². The fraction of sp³-hybridized carbons (Fsp3) is 0.625. The fourth-order valence-electron chi connectivity index (χ4n) is 3.30. The molecule has 1 heterocycles. The first-order valence-electron chi connectivity index (χ1n) is 7.35. The van der Waals surface area contributed by atoms with E-state index in [4.69, 9.17) is 4.74 Å². The SMILES string of the molecule is COC1CC(N2CC(c3ccccc3)NCC2C)C1. The van der Waals surface area contributed by atoms with Crippen molar-refractivity contribution in [3.63, 3.8) is 0 Å². The first-order chi connectivity index (χ1) is 9.28. The first kappa shape index (κ1) is 13.1. The Labute approximate surface area is 115 Å². The maximum absolute atomic E-state index is 5.41. The van der Waals surface area contributed by atoms with Gasteiger partial charge in [-0.2, -0.15) is 0 Å². The minimum absolute atomic E-state index is 0.471. The van der Waals surface area contributed by atoms with Crippen LogP contribution in [-0.4, -0.2) is 43.3 Å². The molecule has 19 heavy (non-hydrogen) atoms. The summed E-state index contributed by atoms with van der Waals surface area (Å²) in [6, 6.07) is 12.6. The summed E-state index contributed by atoms with van der Waals surface area (Å²) in [6.07, 6.45) is 2.88. The van der Waals surface area contributed by atoms with Crippen molar-refractivity contribution in [2.75, 3.05) is 20.2 Å². The predicted molar refractivity (Wildman–Crippen MR) is 77.2 cm³/mol. The topological polar surface area (TPSA) is 24.5 Å². The van der Waals surface area contributed by atoms with Crippen molar-refractivity contribution in [3.05, 3.63) is 35.9 Å². The lowest BCUT2D eigenvalue weighted by atomic mass is 9.85. The Morgan fingerprint density at radius 2 is 1.95 bits per heavy atom. The number of rotatable bonds is 3. The molecule has 0 amide bonds. The normalized spacial score (nSPS) is 35.9. The van der Waals surface area contributed by atoms with E-state index in [0.717, 1.165) is 13.1 Å². The van der Waals surface area contributed by atoms with Gasteiger partial charge in [-0.05, 0) is 25.3 Å². The Balaban J connectivity index is 1.65. The van der Waals surface area contributed by atoms with Gasteiger partial charge in [-0.3, -0.25) is 4.90 Å². The monoisotopic (exact) mass is 260 g/mol. The van der Waals surface area contributed by atoms with Gasteiger partial charge in [0.2, 0.25) is 0 Å². The largest absolute Gasteiger partial charge is 0.381 e. The van der Waals surface area contributed by atoms with E-state index in [0.29, 0.717) is 24.2 Å². The standard InChI is InChI=1S/C16H24N2O/c1-12-10-17-16(13-6-4-3-5-7-13)11-18(12)14-8-15(9-14)19-2/h3-7,12,14-17H,8-11H2,1-2H3. The van der Waals surface area contributed by atoms with Gasteiger partial charge < -0.3 is 10.1 Å². The van der Waals surface area contributed by atoms with Crippen LogP contribution in [0, 0.1) is 0 Å². The number of nitrogens with zero attached hydrogens (tertiary/aromatic N) is 1. The molecule has 2 unspecified atom stereocenters. The number of nitrogens with one attached hydrogen (secondary N) is 1. The van der Waals surface area contributed by atoms with E-state index >= 15 is 0 Å². The van der Waals surface area contributed by atoms with Crippen LogP contribution < -0.4 is 5.32 Å². The summed E-state index contributed by atoms with van der Waals surface area (Å²) in [4.78, 5) is 2.67. The average Bonchev–Trinajstić information content (AvgIpc) is 2.40. The van der Waals surface area contributed by atoms with Gasteiger partial charge in [0.25, 0.3) is 0 Å². The van der Waals surface area contributed by atoms with Crippen LogP contribution in [0.25, 0.3) is 0 Å². The summed E-state index contributed by atoms with van der Waals surface area (Å²) < 4.78 is 5.41. The van der Waals surface area contributed by atoms with Crippen LogP contribution in [0.3, 0.4) is 0 Å². The first-order valence-corrected chi connectivity index (χ1v) is 7.35. The summed E-state index contributed by atoms with van der Waals surface area (Å²) in [5.41, 5.74) is 1.40. The van der Waals surface area contributed by atoms with Gasteiger partial charge in [0.1, 0.15) is 0 Å². The maximum Gasteiger partial charge on any atom is 0.0601 e. The van der Waals surface area contributed by atoms with Crippen LogP contribution in [-0.2, 0) is 4.74 Å². The summed E-state index contributed by atoms with van der Waals surface area (Å²) in [7, 11) is 1.83. The van der Waals surface area contributed by atoms with Gasteiger partial charge in [0.15, 0.2) is 0 Å². The minimum Gasteiger partial charge on any atom is -0.381 e. The zero-order chi connectivity index (χ0) is 13.2. The summed E-state index contributed by atoms with van der Waals surface area (Å²) in [5, 5.41) is 3.67. The molecule has 1 N–H and O–H groups in total. The van der Waals surface area contributed by atoms with Crippen molar-refractivity contribution in [2.24, 2.45) is 0 Å². The molecule has 0 bridgehead atoms. The molecule has 2 atom stereocenters. The van der Waals surface area contributed by atoms with Crippen molar-refractivity contribution in [1.82, 2.24) is 10.2 Å². The number of benzene rings is 1. The molecule has 1 aliphatic heterocycles. The van der Waals surface area contributed by atoms with Crippen molar-refractivity contribution in [3.8, 4) is 0 Å². The zero-order valence-electron chi connectivity index (χ0n) is 11.9. The number of hydrogen-bond acceptors (Lipinski definition) is 3. The Morgan fingerprint density at radius 3 is 2.63 bits per heavy atom. The van der Waals surface area contributed by atoms with Crippen molar-refractivity contribution in [1.29, 1.82) is 0 Å². The smallest absolute Gasteiger partial charge is 0.0601 e. The molecule has 1 aromatic rings. The number of piperazine rings is 1. The maximum atomic E-state index is 5.41. The Morgan fingerprint density at radius 1 is 1.21 bits per heavy atom. The van der Waals surface area contributed by atoms with Gasteiger partial charge in [-0.25, -0.2) is 0 Å². The third kappa shape index (κ3) is 2.69. The lowest BCUT2D eigenvalue weighted by molar-refractivity contribution is -0.0493. The van der Waals surface area contributed by atoms with E-state index in [9.17, 15) is 0 Å². The van der Waals surface area contributed by atoms with Gasteiger partial charge >= 0.3 is 0 Å². The van der Waals surface area contributed by atoms with Crippen molar-refractivity contribution >= 4 is 0 Å². The molecular weight excluding hydrogens is 236 g/mol. The second-order valence-electron chi connectivity index (χ2n) is 5.90. The fourth-order valence-corrected chi connectivity index (χ4v) is 3.30. The van der Waals surface area contributed by atoms with Gasteiger partial charge in [0.05, 0.1) is 6.10 Å². The molecule has 3 nitrogen and oxygen atoms in total. The Bertz CT molecular complexity index is 402. The molecule has 2 aliphatic rings. The minimum atomic E-state index is 0.471. The Hall–Kier alpha value is -0.900. The van der Waals surface area contributed by atoms with Gasteiger partial charge in [-0.15, -0.1) is 0 Å². The van der Waals surface area contributed by atoms with Crippen LogP contribution in [0.4, 0.5) is 0 Å². The second kappa shape index (κ2) is 5.61. The lowest BCUT2D eigenvalue weighted by Gasteiger charge is -2.49. The zero-order valence-corrected chi connectivity index (χ0v) is 11.9. The number of methoxy groups -OCH3 is 1. The molecule has 3 rings (SSSR count). The van der Waals surface area contributed by atoms with Crippen LogP contribution in [0.1, 0.15) is 31.4 Å². The van der Waals surface area contributed by atoms with Crippen LogP contribution in [0.5, 0.6) is 0 Å². The molecule has 1 saturated carbocycles. The molecule has 1 aliphatic carbocycles. The van der Waals surface area contributed by atoms with E-state index < -0.39 is 0 Å². The second-order valence-corrected chi connectivity index (χ2v) is 5.90. The summed E-state index contributed by atoms with van der Waals surface area (Å²) >= 11 is 0. The van der Waals surface area contributed by atoms with E-state index in [1.54, 1.807) is 0 Å². The Kier molecular flexibility index (Phi) is 3.87. The highest BCUT2D eigenvalue weighted by atomic mass is 16.5. The van der Waals surface area contributed by atoms with Gasteiger partial charge in [0, 0.05) is 38.3 Å². The molecule has 0 aromatic heterocycles. The predicted octanol–water partition coefficient (Wildman–Crippen LogP) is 2.20. The highest BCUT2D eigenvalue weighted by Gasteiger charge is 2.38. The average molecular weight is 260 g/mol. The molecule has 2 fully saturated rings. The molecule has 104 valence electrons. The third-order valence-electron chi connectivity index (χ3n) is 4.69. The lowest BCUT2D eigenvalue weighted by Crippen LogP contribution is -2.59. The molecule has 0 radical (unpaired) electrons. The molecular formula is C16H24N2O. The van der Waals surface area contributed by atoms with Crippen LogP contribution in [0.15, 0.2) is 30.3 Å². The highest BCUT2D eigenvalue weighted by molar-refractivity contribution is 5.20. The molecule has 0 spiro atoms. The number of hydrogen-bond donors (Lipinski definition) is 1. The van der Waals surface area contributed by atoms with Crippen molar-refractivity contribution < 1.29 is 4.74 Å². The summed E-state index contributed by atoms with van der Waals surface area (Å²) in [6.45, 7) is 4.52. The molecule has 1 aromatic carbocycles.